The standard InChI is InChI=1S/C18H25N3O3/c1-14-3-5-17(6-4-14)24-13-18(22)11-21(7-8-23-12-18)10-16-9-19-20-15(16)2/h3-6,9,22H,7-8,10-13H2,1-2H3,(H,19,20)/t18-/m0/s1. The number of hydrogen-bond acceptors (Lipinski definition) is 5. The van der Waals surface area contributed by atoms with Gasteiger partial charge in [0.2, 0.25) is 0 Å². The molecule has 24 heavy (non-hydrogen) atoms. The number of rotatable bonds is 5. The van der Waals surface area contributed by atoms with E-state index >= 15 is 0 Å². The summed E-state index contributed by atoms with van der Waals surface area (Å²) >= 11 is 0. The minimum absolute atomic E-state index is 0.205. The summed E-state index contributed by atoms with van der Waals surface area (Å²) in [5, 5.41) is 17.9. The first kappa shape index (κ1) is 17.0. The van der Waals surface area contributed by atoms with E-state index in [4.69, 9.17) is 9.47 Å². The zero-order valence-electron chi connectivity index (χ0n) is 14.3. The first-order chi connectivity index (χ1) is 11.5. The van der Waals surface area contributed by atoms with Crippen LogP contribution in [0.4, 0.5) is 0 Å². The Balaban J connectivity index is 1.62. The van der Waals surface area contributed by atoms with Crippen LogP contribution in [0, 0.1) is 13.8 Å². The van der Waals surface area contributed by atoms with Gasteiger partial charge in [0.05, 0.1) is 19.4 Å². The molecule has 6 nitrogen and oxygen atoms in total. The minimum Gasteiger partial charge on any atom is -0.490 e. The molecule has 130 valence electrons. The maximum Gasteiger partial charge on any atom is 0.134 e. The summed E-state index contributed by atoms with van der Waals surface area (Å²) in [6.45, 7) is 7.13. The van der Waals surface area contributed by atoms with Crippen molar-refractivity contribution in [2.45, 2.75) is 26.0 Å². The van der Waals surface area contributed by atoms with Crippen molar-refractivity contribution in [1.29, 1.82) is 0 Å². The number of aryl methyl sites for hydroxylation is 2. The second-order valence-corrected chi connectivity index (χ2v) is 6.61. The maximum atomic E-state index is 10.9. The van der Waals surface area contributed by atoms with Gasteiger partial charge in [0.25, 0.3) is 0 Å². The second kappa shape index (κ2) is 7.34. The summed E-state index contributed by atoms with van der Waals surface area (Å²) in [5.41, 5.74) is 2.35. The lowest BCUT2D eigenvalue weighted by molar-refractivity contribution is -0.0646. The van der Waals surface area contributed by atoms with Crippen molar-refractivity contribution in [2.75, 3.05) is 32.9 Å². The average Bonchev–Trinajstić information content (AvgIpc) is 2.86. The highest BCUT2D eigenvalue weighted by molar-refractivity contribution is 5.26. The number of aliphatic hydroxyl groups is 1. The lowest BCUT2D eigenvalue weighted by Crippen LogP contribution is -2.48. The zero-order valence-corrected chi connectivity index (χ0v) is 14.3. The molecule has 6 heteroatoms. The van der Waals surface area contributed by atoms with Gasteiger partial charge in [-0.05, 0) is 26.0 Å². The molecule has 1 fully saturated rings. The molecule has 2 heterocycles. The van der Waals surface area contributed by atoms with E-state index in [0.29, 0.717) is 13.2 Å². The van der Waals surface area contributed by atoms with Gasteiger partial charge in [-0.1, -0.05) is 17.7 Å². The third-order valence-corrected chi connectivity index (χ3v) is 4.30. The van der Waals surface area contributed by atoms with Crippen LogP contribution in [-0.4, -0.2) is 58.7 Å². The van der Waals surface area contributed by atoms with Crippen molar-refractivity contribution in [3.05, 3.63) is 47.3 Å². The van der Waals surface area contributed by atoms with Crippen LogP contribution in [0.25, 0.3) is 0 Å². The van der Waals surface area contributed by atoms with E-state index in [1.807, 2.05) is 44.3 Å². The molecule has 3 rings (SSSR count). The van der Waals surface area contributed by atoms with E-state index in [1.54, 1.807) is 0 Å². The molecule has 1 aromatic heterocycles. The highest BCUT2D eigenvalue weighted by atomic mass is 16.5. The van der Waals surface area contributed by atoms with Crippen molar-refractivity contribution in [3.63, 3.8) is 0 Å². The lowest BCUT2D eigenvalue weighted by atomic mass is 10.1. The third kappa shape index (κ3) is 4.35. The molecule has 0 bridgehead atoms. The van der Waals surface area contributed by atoms with Crippen LogP contribution in [0.15, 0.2) is 30.5 Å². The molecule has 2 N–H and O–H groups in total. The van der Waals surface area contributed by atoms with Gasteiger partial charge < -0.3 is 14.6 Å². The first-order valence-corrected chi connectivity index (χ1v) is 8.25. The molecule has 2 aromatic rings. The Labute approximate surface area is 142 Å². The number of aromatic nitrogens is 2. The Bertz CT molecular complexity index is 656. The van der Waals surface area contributed by atoms with Gasteiger partial charge in [-0.2, -0.15) is 5.10 Å². The van der Waals surface area contributed by atoms with Crippen LogP contribution in [0.1, 0.15) is 16.8 Å². The quantitative estimate of drug-likeness (QED) is 0.872. The number of hydrogen-bond donors (Lipinski definition) is 2. The molecule has 1 aromatic carbocycles. The number of aromatic amines is 1. The van der Waals surface area contributed by atoms with Crippen molar-refractivity contribution < 1.29 is 14.6 Å². The molecule has 1 atom stereocenters. The number of β-amino-alcohol motifs (C(OH)–C–C–N with tert-alkyl or cyclic N) is 1. The number of ether oxygens (including phenoxy) is 2. The molecule has 0 saturated carbocycles. The minimum atomic E-state index is -1.03. The van der Waals surface area contributed by atoms with Crippen molar-refractivity contribution in [2.24, 2.45) is 0 Å². The molecule has 0 radical (unpaired) electrons. The highest BCUT2D eigenvalue weighted by Gasteiger charge is 2.33. The van der Waals surface area contributed by atoms with Gasteiger partial charge in [-0.15, -0.1) is 0 Å². The number of H-pyrrole nitrogens is 1. The Hall–Kier alpha value is -1.89. The molecule has 1 aliphatic heterocycles. The van der Waals surface area contributed by atoms with Gasteiger partial charge in [0, 0.05) is 30.9 Å². The van der Waals surface area contributed by atoms with E-state index in [9.17, 15) is 5.11 Å². The fourth-order valence-electron chi connectivity index (χ4n) is 2.85. The average molecular weight is 331 g/mol. The predicted molar refractivity (Wildman–Crippen MR) is 91.0 cm³/mol. The number of benzene rings is 1. The summed E-state index contributed by atoms with van der Waals surface area (Å²) in [6, 6.07) is 7.83. The Morgan fingerprint density at radius 3 is 2.83 bits per heavy atom. The Morgan fingerprint density at radius 2 is 2.12 bits per heavy atom. The third-order valence-electron chi connectivity index (χ3n) is 4.30. The number of nitrogens with one attached hydrogen (secondary N) is 1. The smallest absolute Gasteiger partial charge is 0.134 e. The van der Waals surface area contributed by atoms with Gasteiger partial charge in [-0.25, -0.2) is 0 Å². The lowest BCUT2D eigenvalue weighted by Gasteiger charge is -2.30. The molecule has 0 amide bonds. The zero-order chi connectivity index (χ0) is 17.0. The van der Waals surface area contributed by atoms with Crippen LogP contribution in [0.3, 0.4) is 0 Å². The SMILES string of the molecule is Cc1ccc(OC[C@@]2(O)COCCN(Cc3cn[nH]c3C)C2)cc1. The fourth-order valence-corrected chi connectivity index (χ4v) is 2.85. The summed E-state index contributed by atoms with van der Waals surface area (Å²) in [6.07, 6.45) is 1.84. The molecule has 0 unspecified atom stereocenters. The van der Waals surface area contributed by atoms with E-state index in [1.165, 1.54) is 5.56 Å². The summed E-state index contributed by atoms with van der Waals surface area (Å²) in [4.78, 5) is 2.18. The maximum absolute atomic E-state index is 10.9. The second-order valence-electron chi connectivity index (χ2n) is 6.61. The molecule has 1 saturated heterocycles. The Morgan fingerprint density at radius 1 is 1.33 bits per heavy atom. The topological polar surface area (TPSA) is 70.6 Å². The van der Waals surface area contributed by atoms with E-state index < -0.39 is 5.60 Å². The first-order valence-electron chi connectivity index (χ1n) is 8.25. The predicted octanol–water partition coefficient (Wildman–Crippen LogP) is 1.67. The van der Waals surface area contributed by atoms with Crippen LogP contribution in [0.5, 0.6) is 5.75 Å². The molecule has 1 aliphatic rings. The van der Waals surface area contributed by atoms with E-state index in [-0.39, 0.29) is 13.2 Å². The van der Waals surface area contributed by atoms with E-state index in [0.717, 1.165) is 30.1 Å². The van der Waals surface area contributed by atoms with Gasteiger partial charge in [-0.3, -0.25) is 10.00 Å². The van der Waals surface area contributed by atoms with Crippen LogP contribution >= 0.6 is 0 Å². The molecular weight excluding hydrogens is 306 g/mol. The fraction of sp³-hybridized carbons (Fsp3) is 0.500. The van der Waals surface area contributed by atoms with Gasteiger partial charge in [0.15, 0.2) is 0 Å². The van der Waals surface area contributed by atoms with Gasteiger partial charge in [0.1, 0.15) is 18.0 Å². The van der Waals surface area contributed by atoms with Crippen LogP contribution in [-0.2, 0) is 11.3 Å². The van der Waals surface area contributed by atoms with Crippen molar-refractivity contribution in [3.8, 4) is 5.75 Å². The van der Waals surface area contributed by atoms with E-state index in [2.05, 4.69) is 15.1 Å². The Kier molecular flexibility index (Phi) is 5.18. The number of nitrogens with zero attached hydrogens (tertiary/aromatic N) is 2. The summed E-state index contributed by atoms with van der Waals surface area (Å²) in [7, 11) is 0. The van der Waals surface area contributed by atoms with Crippen LogP contribution < -0.4 is 4.74 Å². The van der Waals surface area contributed by atoms with Gasteiger partial charge >= 0.3 is 0 Å². The molecule has 0 aliphatic carbocycles. The van der Waals surface area contributed by atoms with Crippen LogP contribution in [0.2, 0.25) is 0 Å². The van der Waals surface area contributed by atoms with Crippen molar-refractivity contribution in [1.82, 2.24) is 15.1 Å². The van der Waals surface area contributed by atoms with Crippen molar-refractivity contribution >= 4 is 0 Å². The molecule has 0 spiro atoms. The normalized spacial score (nSPS) is 22.3. The summed E-state index contributed by atoms with van der Waals surface area (Å²) in [5.74, 6) is 0.760. The monoisotopic (exact) mass is 331 g/mol. The summed E-state index contributed by atoms with van der Waals surface area (Å²) < 4.78 is 11.4. The largest absolute Gasteiger partial charge is 0.490 e. The highest BCUT2D eigenvalue weighted by Crippen LogP contribution is 2.19. The molecular formula is C18H25N3O3.